The van der Waals surface area contributed by atoms with Crippen LogP contribution in [0.5, 0.6) is 0 Å². The lowest BCUT2D eigenvalue weighted by Gasteiger charge is -2.32. The second kappa shape index (κ2) is 6.11. The minimum absolute atomic E-state index is 0.431. The third-order valence-corrected chi connectivity index (χ3v) is 6.92. The minimum atomic E-state index is -0.587. The molecule has 0 bridgehead atoms. The molecule has 1 aliphatic rings. The molecule has 140 valence electrons. The van der Waals surface area contributed by atoms with Crippen LogP contribution in [0.3, 0.4) is 0 Å². The highest BCUT2D eigenvalue weighted by Crippen LogP contribution is 2.39. The van der Waals surface area contributed by atoms with E-state index in [-0.39, 0.29) is 0 Å². The van der Waals surface area contributed by atoms with Gasteiger partial charge in [0.2, 0.25) is 0 Å². The van der Waals surface area contributed by atoms with Gasteiger partial charge in [-0.15, -0.1) is 11.3 Å². The second-order valence-electron chi connectivity index (χ2n) is 8.16. The van der Waals surface area contributed by atoms with Crippen LogP contribution >= 0.6 is 11.3 Å². The molecule has 3 heterocycles. The average Bonchev–Trinajstić information content (AvgIpc) is 3.15. The Labute approximate surface area is 168 Å². The zero-order chi connectivity index (χ0) is 19.5. The Morgan fingerprint density at radius 1 is 0.821 bits per heavy atom. The molecule has 0 unspecified atom stereocenters. The fourth-order valence-electron chi connectivity index (χ4n) is 3.45. The molecular weight excluding hydrogens is 367 g/mol. The van der Waals surface area contributed by atoms with Gasteiger partial charge in [-0.1, -0.05) is 48.5 Å². The zero-order valence-electron chi connectivity index (χ0n) is 16.4. The van der Waals surface area contributed by atoms with Crippen molar-refractivity contribution in [1.29, 1.82) is 0 Å². The van der Waals surface area contributed by atoms with Crippen LogP contribution in [0.2, 0.25) is 0 Å². The lowest BCUT2D eigenvalue weighted by atomic mass is 9.88. The zero-order valence-corrected chi connectivity index (χ0v) is 17.2. The van der Waals surface area contributed by atoms with E-state index in [4.69, 9.17) is 19.3 Å². The number of benzene rings is 2. The Balaban J connectivity index is 1.76. The Kier molecular flexibility index (Phi) is 3.88. The van der Waals surface area contributed by atoms with E-state index < -0.39 is 18.3 Å². The quantitative estimate of drug-likeness (QED) is 0.462. The average molecular weight is 388 g/mol. The van der Waals surface area contributed by atoms with Crippen molar-refractivity contribution in [1.82, 2.24) is 9.97 Å². The summed E-state index contributed by atoms with van der Waals surface area (Å²) in [5.74, 6) is 0. The molecule has 0 N–H and O–H groups in total. The van der Waals surface area contributed by atoms with E-state index >= 15 is 0 Å². The molecule has 1 aliphatic heterocycles. The van der Waals surface area contributed by atoms with Gasteiger partial charge in [0.15, 0.2) is 5.72 Å². The summed E-state index contributed by atoms with van der Waals surface area (Å²) in [7, 11) is -0.587. The van der Waals surface area contributed by atoms with Gasteiger partial charge in [0.1, 0.15) is 0 Å². The van der Waals surface area contributed by atoms with Crippen molar-refractivity contribution in [2.24, 2.45) is 0 Å². The molecule has 0 atom stereocenters. The van der Waals surface area contributed by atoms with E-state index in [1.807, 2.05) is 52.0 Å². The molecule has 6 heteroatoms. The topological polar surface area (TPSA) is 44.2 Å². The molecule has 2 aromatic heterocycles. The van der Waals surface area contributed by atoms with Gasteiger partial charge < -0.3 is 9.31 Å². The molecular formula is C22H21BN2O2S. The summed E-state index contributed by atoms with van der Waals surface area (Å²) >= 11 is 1.73. The van der Waals surface area contributed by atoms with Crippen LogP contribution < -0.4 is 5.72 Å². The van der Waals surface area contributed by atoms with E-state index in [2.05, 4.69) is 30.3 Å². The van der Waals surface area contributed by atoms with Crippen LogP contribution in [0.25, 0.3) is 31.6 Å². The van der Waals surface area contributed by atoms with Crippen LogP contribution in [0.4, 0.5) is 0 Å². The maximum atomic E-state index is 6.23. The third kappa shape index (κ3) is 2.67. The van der Waals surface area contributed by atoms with E-state index in [9.17, 15) is 0 Å². The summed E-state index contributed by atoms with van der Waals surface area (Å²) in [6.45, 7) is 8.18. The lowest BCUT2D eigenvalue weighted by Crippen LogP contribution is -2.41. The molecule has 0 spiro atoms. The summed E-state index contributed by atoms with van der Waals surface area (Å²) in [6, 6.07) is 18.6. The van der Waals surface area contributed by atoms with Gasteiger partial charge in [-0.05, 0) is 33.8 Å². The first-order chi connectivity index (χ1) is 13.4. The van der Waals surface area contributed by atoms with Crippen molar-refractivity contribution < 1.29 is 9.31 Å². The Bertz CT molecular complexity index is 1170. The summed E-state index contributed by atoms with van der Waals surface area (Å²) < 4.78 is 14.8. The molecule has 2 aromatic carbocycles. The van der Waals surface area contributed by atoms with Crippen LogP contribution in [0.1, 0.15) is 27.7 Å². The van der Waals surface area contributed by atoms with Gasteiger partial charge in [0, 0.05) is 15.6 Å². The number of aromatic nitrogens is 2. The van der Waals surface area contributed by atoms with Crippen LogP contribution in [0, 0.1) is 0 Å². The van der Waals surface area contributed by atoms with Gasteiger partial charge >= 0.3 is 7.12 Å². The molecule has 0 aliphatic carbocycles. The predicted octanol–water partition coefficient (Wildman–Crippen LogP) is 4.81. The number of hydrogen-bond donors (Lipinski definition) is 0. The SMILES string of the molecule is CC1(C)OB(c2nc(-c3ccccc3)c3sc4ccccc4c3n2)OC1(C)C. The molecule has 4 aromatic rings. The van der Waals surface area contributed by atoms with Gasteiger partial charge in [-0.3, -0.25) is 0 Å². The first-order valence-electron chi connectivity index (χ1n) is 9.46. The smallest absolute Gasteiger partial charge is 0.397 e. The number of rotatable bonds is 2. The lowest BCUT2D eigenvalue weighted by molar-refractivity contribution is 0.00578. The summed E-state index contributed by atoms with van der Waals surface area (Å²) in [5, 5.41) is 1.14. The van der Waals surface area contributed by atoms with E-state index in [1.54, 1.807) is 11.3 Å². The van der Waals surface area contributed by atoms with Crippen molar-refractivity contribution in [2.75, 3.05) is 0 Å². The maximum absolute atomic E-state index is 6.23. The highest BCUT2D eigenvalue weighted by molar-refractivity contribution is 7.26. The highest BCUT2D eigenvalue weighted by atomic mass is 32.1. The van der Waals surface area contributed by atoms with E-state index in [0.717, 1.165) is 26.9 Å². The summed E-state index contributed by atoms with van der Waals surface area (Å²) in [4.78, 5) is 9.84. The predicted molar refractivity (Wildman–Crippen MR) is 116 cm³/mol. The molecule has 0 saturated carbocycles. The fraction of sp³-hybridized carbons (Fsp3) is 0.273. The van der Waals surface area contributed by atoms with Gasteiger partial charge in [0.25, 0.3) is 0 Å². The van der Waals surface area contributed by atoms with Crippen LogP contribution in [-0.4, -0.2) is 28.3 Å². The third-order valence-electron chi connectivity index (χ3n) is 5.75. The Morgan fingerprint density at radius 3 is 2.18 bits per heavy atom. The van der Waals surface area contributed by atoms with Gasteiger partial charge in [-0.2, -0.15) is 0 Å². The first-order valence-corrected chi connectivity index (χ1v) is 10.3. The van der Waals surface area contributed by atoms with Crippen molar-refractivity contribution in [3.8, 4) is 11.3 Å². The molecule has 5 rings (SSSR count). The normalized spacial score (nSPS) is 18.2. The fourth-order valence-corrected chi connectivity index (χ4v) is 4.61. The second-order valence-corrected chi connectivity index (χ2v) is 9.21. The first kappa shape index (κ1) is 17.8. The molecule has 0 radical (unpaired) electrons. The van der Waals surface area contributed by atoms with Crippen molar-refractivity contribution >= 4 is 44.5 Å². The van der Waals surface area contributed by atoms with Gasteiger partial charge in [0.05, 0.1) is 27.1 Å². The highest BCUT2D eigenvalue weighted by Gasteiger charge is 2.53. The maximum Gasteiger partial charge on any atom is 0.534 e. The van der Waals surface area contributed by atoms with Crippen molar-refractivity contribution in [2.45, 2.75) is 38.9 Å². The summed E-state index contributed by atoms with van der Waals surface area (Å²) in [5.41, 5.74) is 2.67. The van der Waals surface area contributed by atoms with Crippen molar-refractivity contribution in [3.63, 3.8) is 0 Å². The molecule has 0 amide bonds. The standard InChI is InChI=1S/C22H21BN2O2S/c1-21(2)22(3,4)27-23(26-21)20-24-17(14-10-6-5-7-11-14)19-18(25-20)15-12-8-9-13-16(15)28-19/h5-13H,1-4H3. The largest absolute Gasteiger partial charge is 0.534 e. The van der Waals surface area contributed by atoms with E-state index in [0.29, 0.717) is 5.72 Å². The molecule has 28 heavy (non-hydrogen) atoms. The summed E-state index contributed by atoms with van der Waals surface area (Å²) in [6.07, 6.45) is 0. The van der Waals surface area contributed by atoms with Crippen LogP contribution in [-0.2, 0) is 9.31 Å². The van der Waals surface area contributed by atoms with Gasteiger partial charge in [-0.25, -0.2) is 9.97 Å². The Morgan fingerprint density at radius 2 is 1.46 bits per heavy atom. The number of hydrogen-bond acceptors (Lipinski definition) is 5. The number of thiophene rings is 1. The number of fused-ring (bicyclic) bond motifs is 3. The molecule has 4 nitrogen and oxygen atoms in total. The van der Waals surface area contributed by atoms with Crippen LogP contribution in [0.15, 0.2) is 54.6 Å². The number of nitrogens with zero attached hydrogens (tertiary/aromatic N) is 2. The molecule has 1 fully saturated rings. The van der Waals surface area contributed by atoms with E-state index in [1.165, 1.54) is 4.70 Å². The minimum Gasteiger partial charge on any atom is -0.397 e. The van der Waals surface area contributed by atoms with Crippen molar-refractivity contribution in [3.05, 3.63) is 54.6 Å². The Hall–Kier alpha value is -2.28. The molecule has 1 saturated heterocycles. The monoisotopic (exact) mass is 388 g/mol.